The second kappa shape index (κ2) is 8.41. The second-order valence-electron chi connectivity index (χ2n) is 5.50. The Labute approximate surface area is 158 Å². The molecule has 2 aromatic carbocycles. The Bertz CT molecular complexity index is 1020. The molecule has 0 saturated heterocycles. The Morgan fingerprint density at radius 2 is 1.78 bits per heavy atom. The summed E-state index contributed by atoms with van der Waals surface area (Å²) in [5.74, 6) is -1.49. The minimum Gasteiger partial charge on any atom is -0.465 e. The summed E-state index contributed by atoms with van der Waals surface area (Å²) in [6.07, 6.45) is -1.20. The highest BCUT2D eigenvalue weighted by atomic mass is 35.5. The van der Waals surface area contributed by atoms with Crippen molar-refractivity contribution in [2.45, 2.75) is 6.54 Å². The number of nitrogens with one attached hydrogen (secondary N) is 1. The molecule has 0 aliphatic rings. The van der Waals surface area contributed by atoms with Gasteiger partial charge in [0.2, 0.25) is 0 Å². The molecule has 9 heteroatoms. The fourth-order valence-corrected chi connectivity index (χ4v) is 2.46. The number of hydrogen-bond acceptors (Lipinski definition) is 3. The molecule has 140 valence electrons. The van der Waals surface area contributed by atoms with Crippen LogP contribution in [0.15, 0.2) is 59.4 Å². The predicted molar refractivity (Wildman–Crippen MR) is 98.3 cm³/mol. The van der Waals surface area contributed by atoms with E-state index in [-0.39, 0.29) is 30.2 Å². The number of rotatable bonds is 4. The van der Waals surface area contributed by atoms with Crippen molar-refractivity contribution in [3.05, 3.63) is 82.1 Å². The molecule has 0 bridgehead atoms. The van der Waals surface area contributed by atoms with Gasteiger partial charge in [-0.3, -0.25) is 10.1 Å². The minimum atomic E-state index is -1.20. The van der Waals surface area contributed by atoms with Crippen molar-refractivity contribution in [3.63, 3.8) is 0 Å². The number of anilines is 1. The smallest absolute Gasteiger partial charge is 0.409 e. The maximum Gasteiger partial charge on any atom is 0.409 e. The van der Waals surface area contributed by atoms with Crippen LogP contribution in [-0.4, -0.2) is 21.0 Å². The average Bonchev–Trinajstić information content (AvgIpc) is 2.55. The number of hydrogen-bond donors (Lipinski definition) is 2. The topological polar surface area (TPSA) is 84.2 Å². The standard InChI is InChI=1S/C18H13F2N3O3.ClH/c19-13-7-12(8-14(20)9-13)16-4-5-17(24)23(22-16)10-11-2-1-3-15(6-11)21-18(25)26;/h1-9,21H,10H2,(H,25,26);1H. The van der Waals surface area contributed by atoms with Crippen LogP contribution in [0.3, 0.4) is 0 Å². The molecule has 6 nitrogen and oxygen atoms in total. The van der Waals surface area contributed by atoms with Gasteiger partial charge in [0.1, 0.15) is 11.6 Å². The highest BCUT2D eigenvalue weighted by Gasteiger charge is 2.08. The lowest BCUT2D eigenvalue weighted by atomic mass is 10.1. The van der Waals surface area contributed by atoms with Crippen molar-refractivity contribution >= 4 is 24.2 Å². The van der Waals surface area contributed by atoms with Gasteiger partial charge in [-0.05, 0) is 35.9 Å². The average molecular weight is 394 g/mol. The van der Waals surface area contributed by atoms with E-state index in [1.54, 1.807) is 24.3 Å². The van der Waals surface area contributed by atoms with E-state index >= 15 is 0 Å². The van der Waals surface area contributed by atoms with Gasteiger partial charge in [0.05, 0.1) is 12.2 Å². The molecular weight excluding hydrogens is 380 g/mol. The van der Waals surface area contributed by atoms with Gasteiger partial charge in [-0.2, -0.15) is 5.10 Å². The van der Waals surface area contributed by atoms with Crippen LogP contribution in [0.2, 0.25) is 0 Å². The molecular formula is C18H14ClF2N3O3. The van der Waals surface area contributed by atoms with Crippen LogP contribution >= 0.6 is 12.4 Å². The molecule has 3 aromatic rings. The molecule has 1 amide bonds. The van der Waals surface area contributed by atoms with Crippen LogP contribution in [0.25, 0.3) is 11.3 Å². The third-order valence-corrected chi connectivity index (χ3v) is 3.54. The van der Waals surface area contributed by atoms with E-state index in [2.05, 4.69) is 10.4 Å². The number of benzene rings is 2. The summed E-state index contributed by atoms with van der Waals surface area (Å²) in [6.45, 7) is 0.0691. The molecule has 0 unspecified atom stereocenters. The van der Waals surface area contributed by atoms with Gasteiger partial charge in [-0.1, -0.05) is 12.1 Å². The van der Waals surface area contributed by atoms with Crippen molar-refractivity contribution < 1.29 is 18.7 Å². The van der Waals surface area contributed by atoms with E-state index in [1.165, 1.54) is 12.1 Å². The summed E-state index contributed by atoms with van der Waals surface area (Å²) in [5, 5.41) is 15.1. The van der Waals surface area contributed by atoms with Crippen molar-refractivity contribution in [2.75, 3.05) is 5.32 Å². The van der Waals surface area contributed by atoms with Crippen molar-refractivity contribution in [1.82, 2.24) is 9.78 Å². The molecule has 0 aliphatic carbocycles. The van der Waals surface area contributed by atoms with Gasteiger partial charge < -0.3 is 5.11 Å². The van der Waals surface area contributed by atoms with Gasteiger partial charge in [-0.25, -0.2) is 18.3 Å². The third-order valence-electron chi connectivity index (χ3n) is 3.54. The molecule has 1 heterocycles. The fourth-order valence-electron chi connectivity index (χ4n) is 2.46. The van der Waals surface area contributed by atoms with Crippen LogP contribution in [0.5, 0.6) is 0 Å². The summed E-state index contributed by atoms with van der Waals surface area (Å²) in [6, 6.07) is 12.1. The monoisotopic (exact) mass is 393 g/mol. The van der Waals surface area contributed by atoms with Crippen LogP contribution in [-0.2, 0) is 6.54 Å². The van der Waals surface area contributed by atoms with E-state index < -0.39 is 23.3 Å². The molecule has 2 N–H and O–H groups in total. The zero-order valence-corrected chi connectivity index (χ0v) is 14.5. The van der Waals surface area contributed by atoms with Crippen molar-refractivity contribution in [3.8, 4) is 11.3 Å². The van der Waals surface area contributed by atoms with Gasteiger partial charge in [0, 0.05) is 23.4 Å². The zero-order valence-electron chi connectivity index (χ0n) is 13.7. The Hall–Kier alpha value is -3.26. The zero-order chi connectivity index (χ0) is 18.7. The number of aromatic nitrogens is 2. The largest absolute Gasteiger partial charge is 0.465 e. The maximum atomic E-state index is 13.4. The Morgan fingerprint density at radius 1 is 1.07 bits per heavy atom. The number of halogens is 3. The lowest BCUT2D eigenvalue weighted by Crippen LogP contribution is -2.23. The lowest BCUT2D eigenvalue weighted by Gasteiger charge is -2.09. The van der Waals surface area contributed by atoms with Crippen molar-refractivity contribution in [1.29, 1.82) is 0 Å². The molecule has 27 heavy (non-hydrogen) atoms. The number of carbonyl (C=O) groups is 1. The third kappa shape index (κ3) is 5.11. The Morgan fingerprint density at radius 3 is 2.44 bits per heavy atom. The molecule has 3 rings (SSSR count). The SMILES string of the molecule is Cl.O=C(O)Nc1cccc(Cn2nc(-c3cc(F)cc(F)c3)ccc2=O)c1. The van der Waals surface area contributed by atoms with E-state index in [9.17, 15) is 18.4 Å². The lowest BCUT2D eigenvalue weighted by molar-refractivity contribution is 0.209. The summed E-state index contributed by atoms with van der Waals surface area (Å²) in [5.41, 5.74) is 1.03. The van der Waals surface area contributed by atoms with E-state index in [4.69, 9.17) is 5.11 Å². The molecule has 0 radical (unpaired) electrons. The van der Waals surface area contributed by atoms with E-state index in [1.807, 2.05) is 0 Å². The molecule has 0 fully saturated rings. The highest BCUT2D eigenvalue weighted by molar-refractivity contribution is 5.85. The summed E-state index contributed by atoms with van der Waals surface area (Å²) < 4.78 is 27.9. The summed E-state index contributed by atoms with van der Waals surface area (Å²) in [7, 11) is 0. The first-order chi connectivity index (χ1) is 12.4. The number of carboxylic acid groups (broad SMARTS) is 1. The normalized spacial score (nSPS) is 10.1. The fraction of sp³-hybridized carbons (Fsp3) is 0.0556. The highest BCUT2D eigenvalue weighted by Crippen LogP contribution is 2.19. The first-order valence-corrected chi connectivity index (χ1v) is 7.54. The van der Waals surface area contributed by atoms with Gasteiger partial charge in [-0.15, -0.1) is 12.4 Å². The minimum absolute atomic E-state index is 0. The van der Waals surface area contributed by atoms with Gasteiger partial charge in [0.15, 0.2) is 0 Å². The van der Waals surface area contributed by atoms with Gasteiger partial charge >= 0.3 is 6.09 Å². The van der Waals surface area contributed by atoms with Crippen LogP contribution in [0.1, 0.15) is 5.56 Å². The number of amides is 1. The first kappa shape index (κ1) is 20.1. The predicted octanol–water partition coefficient (Wildman–Crippen LogP) is 3.75. The van der Waals surface area contributed by atoms with Crippen LogP contribution in [0, 0.1) is 11.6 Å². The summed E-state index contributed by atoms with van der Waals surface area (Å²) >= 11 is 0. The van der Waals surface area contributed by atoms with Crippen molar-refractivity contribution in [2.24, 2.45) is 0 Å². The number of nitrogens with zero attached hydrogens (tertiary/aromatic N) is 2. The van der Waals surface area contributed by atoms with Crippen LogP contribution < -0.4 is 10.9 Å². The maximum absolute atomic E-state index is 13.4. The Balaban J connectivity index is 0.00000261. The summed E-state index contributed by atoms with van der Waals surface area (Å²) in [4.78, 5) is 22.8. The quantitative estimate of drug-likeness (QED) is 0.707. The van der Waals surface area contributed by atoms with Crippen LogP contribution in [0.4, 0.5) is 19.3 Å². The second-order valence-corrected chi connectivity index (χ2v) is 5.50. The molecule has 0 spiro atoms. The Kier molecular flexibility index (Phi) is 6.25. The first-order valence-electron chi connectivity index (χ1n) is 7.54. The molecule has 0 saturated carbocycles. The molecule has 0 aliphatic heterocycles. The molecule has 1 aromatic heterocycles. The van der Waals surface area contributed by atoms with E-state index in [0.29, 0.717) is 11.3 Å². The molecule has 0 atom stereocenters. The van der Waals surface area contributed by atoms with E-state index in [0.717, 1.165) is 22.9 Å². The van der Waals surface area contributed by atoms with Gasteiger partial charge in [0.25, 0.3) is 5.56 Å².